The quantitative estimate of drug-likeness (QED) is 0.725. The molecule has 0 spiro atoms. The third-order valence-electron chi connectivity index (χ3n) is 1.12. The number of thiophene rings is 1. The average Bonchev–Trinajstić information content (AvgIpc) is 2.34. The van der Waals surface area contributed by atoms with Gasteiger partial charge in [-0.15, -0.1) is 11.3 Å². The van der Waals surface area contributed by atoms with Gasteiger partial charge in [-0.05, 0) is 23.0 Å². The fourth-order valence-electron chi connectivity index (χ4n) is 0.608. The van der Waals surface area contributed by atoms with Crippen LogP contribution in [0.15, 0.2) is 17.5 Å². The lowest BCUT2D eigenvalue weighted by molar-refractivity contribution is -0.0405. The fourth-order valence-corrected chi connectivity index (χ4v) is 1.54. The van der Waals surface area contributed by atoms with Crippen molar-refractivity contribution < 1.29 is 13.9 Å². The van der Waals surface area contributed by atoms with Gasteiger partial charge < -0.3 is 5.11 Å². The van der Waals surface area contributed by atoms with E-state index >= 15 is 0 Å². The van der Waals surface area contributed by atoms with Crippen LogP contribution in [0.3, 0.4) is 0 Å². The Bertz CT molecular complexity index is 219. The van der Waals surface area contributed by atoms with Crippen LogP contribution in [-0.2, 0) is 0 Å². The second kappa shape index (κ2) is 3.05. The van der Waals surface area contributed by atoms with Crippen molar-refractivity contribution in [3.63, 3.8) is 0 Å². The molecule has 11 heavy (non-hydrogen) atoms. The van der Waals surface area contributed by atoms with Crippen LogP contribution in [0, 0.1) is 0 Å². The third-order valence-corrected chi connectivity index (χ3v) is 2.25. The molecule has 1 unspecified atom stereocenters. The number of aliphatic hydroxyl groups is 1. The van der Waals surface area contributed by atoms with E-state index in [0.29, 0.717) is 0 Å². The highest BCUT2D eigenvalue weighted by Gasteiger charge is 2.37. The minimum Gasteiger partial charge on any atom is -0.380 e. The van der Waals surface area contributed by atoms with Gasteiger partial charge in [0.15, 0.2) is 6.10 Å². The maximum atomic E-state index is 12.2. The summed E-state index contributed by atoms with van der Waals surface area (Å²) >= 11 is 5.64. The van der Waals surface area contributed by atoms with Crippen LogP contribution in [0.2, 0.25) is 0 Å². The minimum atomic E-state index is -3.58. The summed E-state index contributed by atoms with van der Waals surface area (Å²) in [6, 6.07) is 2.98. The largest absolute Gasteiger partial charge is 0.380 e. The summed E-state index contributed by atoms with van der Waals surface area (Å²) < 4.78 is 24.4. The second-order valence-electron chi connectivity index (χ2n) is 1.96. The maximum absolute atomic E-state index is 12.2. The van der Waals surface area contributed by atoms with Crippen LogP contribution in [0.1, 0.15) is 11.0 Å². The molecular weight excluding hydrogens is 194 g/mol. The van der Waals surface area contributed by atoms with Crippen LogP contribution >= 0.6 is 22.9 Å². The molecule has 0 aliphatic heterocycles. The Morgan fingerprint density at radius 3 is 2.64 bits per heavy atom. The molecule has 0 fully saturated rings. The van der Waals surface area contributed by atoms with Crippen LogP contribution in [-0.4, -0.2) is 10.5 Å². The van der Waals surface area contributed by atoms with E-state index in [1.54, 1.807) is 11.4 Å². The first-order valence-electron chi connectivity index (χ1n) is 2.80. The monoisotopic (exact) mass is 198 g/mol. The zero-order valence-electron chi connectivity index (χ0n) is 5.30. The highest BCUT2D eigenvalue weighted by molar-refractivity contribution is 7.10. The Kier molecular flexibility index (Phi) is 2.47. The van der Waals surface area contributed by atoms with Crippen LogP contribution in [0.5, 0.6) is 0 Å². The van der Waals surface area contributed by atoms with Crippen molar-refractivity contribution in [2.24, 2.45) is 0 Å². The molecule has 0 aliphatic carbocycles. The predicted molar refractivity (Wildman–Crippen MR) is 40.1 cm³/mol. The van der Waals surface area contributed by atoms with Crippen LogP contribution in [0.25, 0.3) is 0 Å². The number of hydrogen-bond acceptors (Lipinski definition) is 2. The molecule has 1 nitrogen and oxygen atoms in total. The molecule has 1 N–H and O–H groups in total. The Morgan fingerprint density at radius 1 is 1.64 bits per heavy atom. The first kappa shape index (κ1) is 8.90. The van der Waals surface area contributed by atoms with Crippen molar-refractivity contribution in [2.45, 2.75) is 11.5 Å². The molecule has 0 saturated carbocycles. The molecule has 62 valence electrons. The molecule has 0 saturated heterocycles. The van der Waals surface area contributed by atoms with E-state index < -0.39 is 11.5 Å². The summed E-state index contributed by atoms with van der Waals surface area (Å²) in [7, 11) is 0. The minimum absolute atomic E-state index is 0.171. The molecule has 0 aliphatic rings. The van der Waals surface area contributed by atoms with Gasteiger partial charge in [0, 0.05) is 4.88 Å². The van der Waals surface area contributed by atoms with Crippen molar-refractivity contribution in [3.05, 3.63) is 22.4 Å². The Labute approximate surface area is 71.2 Å². The molecule has 1 rings (SSSR count). The maximum Gasteiger partial charge on any atom is 0.352 e. The van der Waals surface area contributed by atoms with Crippen molar-refractivity contribution in [2.75, 3.05) is 0 Å². The molecule has 5 heteroatoms. The number of halogens is 3. The van der Waals surface area contributed by atoms with Gasteiger partial charge in [0.2, 0.25) is 0 Å². The summed E-state index contributed by atoms with van der Waals surface area (Å²) in [4.78, 5) is 0.171. The Morgan fingerprint density at radius 2 is 2.27 bits per heavy atom. The summed E-state index contributed by atoms with van der Waals surface area (Å²) in [5.41, 5.74) is 0. The molecule has 0 radical (unpaired) electrons. The molecule has 1 heterocycles. The van der Waals surface area contributed by atoms with Crippen LogP contribution < -0.4 is 0 Å². The van der Waals surface area contributed by atoms with E-state index in [2.05, 4.69) is 11.6 Å². The van der Waals surface area contributed by atoms with Gasteiger partial charge in [-0.1, -0.05) is 6.07 Å². The summed E-state index contributed by atoms with van der Waals surface area (Å²) in [6.45, 7) is 0. The summed E-state index contributed by atoms with van der Waals surface area (Å²) in [6.07, 6.45) is -1.90. The standard InChI is InChI=1S/C6H5ClF2OS/c7-6(8,9)5(10)4-2-1-3-11-4/h1-3,5,10H. The van der Waals surface area contributed by atoms with Crippen molar-refractivity contribution in [1.82, 2.24) is 0 Å². The zero-order chi connectivity index (χ0) is 8.48. The first-order valence-corrected chi connectivity index (χ1v) is 4.06. The van der Waals surface area contributed by atoms with Gasteiger partial charge in [0.05, 0.1) is 0 Å². The van der Waals surface area contributed by atoms with Gasteiger partial charge in [0.25, 0.3) is 0 Å². The van der Waals surface area contributed by atoms with Gasteiger partial charge in [-0.2, -0.15) is 8.78 Å². The highest BCUT2D eigenvalue weighted by atomic mass is 35.5. The lowest BCUT2D eigenvalue weighted by atomic mass is 10.3. The highest BCUT2D eigenvalue weighted by Crippen LogP contribution is 2.36. The average molecular weight is 199 g/mol. The van der Waals surface area contributed by atoms with Gasteiger partial charge in [0.1, 0.15) is 0 Å². The van der Waals surface area contributed by atoms with Crippen molar-refractivity contribution in [3.8, 4) is 0 Å². The van der Waals surface area contributed by atoms with E-state index in [9.17, 15) is 8.78 Å². The topological polar surface area (TPSA) is 20.2 Å². The number of alkyl halides is 3. The van der Waals surface area contributed by atoms with Crippen molar-refractivity contribution in [1.29, 1.82) is 0 Å². The Hall–Kier alpha value is -0.190. The number of aliphatic hydroxyl groups excluding tert-OH is 1. The number of rotatable bonds is 2. The normalized spacial score (nSPS) is 14.9. The first-order chi connectivity index (χ1) is 5.02. The Balaban J connectivity index is 2.78. The van der Waals surface area contributed by atoms with Gasteiger partial charge in [-0.25, -0.2) is 0 Å². The summed E-state index contributed by atoms with van der Waals surface area (Å²) in [5, 5.41) is 6.89. The zero-order valence-corrected chi connectivity index (χ0v) is 6.87. The van der Waals surface area contributed by atoms with Gasteiger partial charge >= 0.3 is 5.38 Å². The lowest BCUT2D eigenvalue weighted by Gasteiger charge is -2.13. The smallest absolute Gasteiger partial charge is 0.352 e. The van der Waals surface area contributed by atoms with E-state index in [1.807, 2.05) is 0 Å². The lowest BCUT2D eigenvalue weighted by Crippen LogP contribution is -2.17. The molecule has 0 aromatic carbocycles. The SMILES string of the molecule is OC(c1cccs1)C(F)(F)Cl. The van der Waals surface area contributed by atoms with Crippen LogP contribution in [0.4, 0.5) is 8.78 Å². The van der Waals surface area contributed by atoms with E-state index in [-0.39, 0.29) is 4.88 Å². The molecule has 0 bridgehead atoms. The molecule has 1 aromatic rings. The summed E-state index contributed by atoms with van der Waals surface area (Å²) in [5.74, 6) is 0. The molecule has 0 amide bonds. The molecule has 1 atom stereocenters. The molecule has 1 aromatic heterocycles. The van der Waals surface area contributed by atoms with E-state index in [1.165, 1.54) is 6.07 Å². The number of hydrogen-bond donors (Lipinski definition) is 1. The third kappa shape index (κ3) is 2.12. The van der Waals surface area contributed by atoms with Gasteiger partial charge in [-0.3, -0.25) is 0 Å². The predicted octanol–water partition coefficient (Wildman–Crippen LogP) is 2.61. The van der Waals surface area contributed by atoms with E-state index in [4.69, 9.17) is 5.11 Å². The fraction of sp³-hybridized carbons (Fsp3) is 0.333. The van der Waals surface area contributed by atoms with Crippen molar-refractivity contribution >= 4 is 22.9 Å². The second-order valence-corrected chi connectivity index (χ2v) is 3.44. The van der Waals surface area contributed by atoms with E-state index in [0.717, 1.165) is 11.3 Å². The molecular formula is C6H5ClF2OS.